The number of methoxy groups -OCH3 is 1. The zero-order valence-electron chi connectivity index (χ0n) is 14.8. The van der Waals surface area contributed by atoms with Crippen LogP contribution in [0.2, 0.25) is 0 Å². The molecule has 0 saturated heterocycles. The molecule has 0 fully saturated rings. The molecule has 24 heavy (non-hydrogen) atoms. The SMILES string of the molecule is CC[C@@H](C)c1ccccc1NC(=O)/C=C/c1cc(C)ccc1OC. The molecular weight excluding hydrogens is 298 g/mol. The Hall–Kier alpha value is -2.55. The molecule has 3 heteroatoms. The average molecular weight is 323 g/mol. The monoisotopic (exact) mass is 323 g/mol. The summed E-state index contributed by atoms with van der Waals surface area (Å²) in [4.78, 5) is 12.3. The molecule has 0 aliphatic rings. The fraction of sp³-hybridized carbons (Fsp3) is 0.286. The predicted molar refractivity (Wildman–Crippen MR) is 101 cm³/mol. The third-order valence-corrected chi connectivity index (χ3v) is 4.16. The van der Waals surface area contributed by atoms with Gasteiger partial charge in [0.05, 0.1) is 7.11 Å². The van der Waals surface area contributed by atoms with E-state index in [1.807, 2.05) is 43.3 Å². The topological polar surface area (TPSA) is 38.3 Å². The normalized spacial score (nSPS) is 12.2. The first kappa shape index (κ1) is 17.8. The van der Waals surface area contributed by atoms with Crippen LogP contribution in [0.1, 0.15) is 42.9 Å². The Morgan fingerprint density at radius 1 is 1.25 bits per heavy atom. The van der Waals surface area contributed by atoms with Gasteiger partial charge in [0.25, 0.3) is 0 Å². The Morgan fingerprint density at radius 3 is 2.71 bits per heavy atom. The van der Waals surface area contributed by atoms with Gasteiger partial charge < -0.3 is 10.1 Å². The lowest BCUT2D eigenvalue weighted by molar-refractivity contribution is -0.111. The Labute approximate surface area is 144 Å². The zero-order chi connectivity index (χ0) is 17.5. The number of ether oxygens (including phenoxy) is 1. The minimum Gasteiger partial charge on any atom is -0.496 e. The number of nitrogens with one attached hydrogen (secondary N) is 1. The first-order valence-electron chi connectivity index (χ1n) is 8.27. The van der Waals surface area contributed by atoms with E-state index in [0.717, 1.165) is 34.5 Å². The van der Waals surface area contributed by atoms with Crippen LogP contribution in [0.3, 0.4) is 0 Å². The van der Waals surface area contributed by atoms with Crippen molar-refractivity contribution >= 4 is 17.7 Å². The molecule has 0 aliphatic carbocycles. The number of rotatable bonds is 6. The quantitative estimate of drug-likeness (QED) is 0.745. The highest BCUT2D eigenvalue weighted by atomic mass is 16.5. The number of benzene rings is 2. The number of carbonyl (C=O) groups is 1. The lowest BCUT2D eigenvalue weighted by Gasteiger charge is -2.14. The molecule has 0 radical (unpaired) electrons. The molecule has 2 rings (SSSR count). The van der Waals surface area contributed by atoms with Crippen molar-refractivity contribution in [2.24, 2.45) is 0 Å². The van der Waals surface area contributed by atoms with E-state index in [9.17, 15) is 4.79 Å². The van der Waals surface area contributed by atoms with Gasteiger partial charge in [-0.3, -0.25) is 4.79 Å². The summed E-state index contributed by atoms with van der Waals surface area (Å²) in [6.07, 6.45) is 4.36. The van der Waals surface area contributed by atoms with E-state index in [4.69, 9.17) is 4.74 Å². The van der Waals surface area contributed by atoms with Crippen LogP contribution in [-0.2, 0) is 4.79 Å². The summed E-state index contributed by atoms with van der Waals surface area (Å²) in [5.74, 6) is 1.02. The summed E-state index contributed by atoms with van der Waals surface area (Å²) < 4.78 is 5.33. The van der Waals surface area contributed by atoms with Crippen molar-refractivity contribution in [1.29, 1.82) is 0 Å². The second kappa shape index (κ2) is 8.34. The zero-order valence-corrected chi connectivity index (χ0v) is 14.8. The number of amides is 1. The van der Waals surface area contributed by atoms with Crippen molar-refractivity contribution in [3.8, 4) is 5.75 Å². The number of aryl methyl sites for hydroxylation is 1. The van der Waals surface area contributed by atoms with E-state index in [-0.39, 0.29) is 5.91 Å². The number of carbonyl (C=O) groups excluding carboxylic acids is 1. The molecule has 126 valence electrons. The van der Waals surface area contributed by atoms with E-state index in [1.54, 1.807) is 19.3 Å². The van der Waals surface area contributed by atoms with Gasteiger partial charge in [-0.25, -0.2) is 0 Å². The van der Waals surface area contributed by atoms with E-state index in [1.165, 1.54) is 0 Å². The molecule has 0 aromatic heterocycles. The van der Waals surface area contributed by atoms with Crippen LogP contribution in [0.4, 0.5) is 5.69 Å². The number of para-hydroxylation sites is 1. The summed E-state index contributed by atoms with van der Waals surface area (Å²) in [5, 5.41) is 2.98. The summed E-state index contributed by atoms with van der Waals surface area (Å²) in [6, 6.07) is 13.8. The number of hydrogen-bond donors (Lipinski definition) is 1. The van der Waals surface area contributed by atoms with Crippen molar-refractivity contribution < 1.29 is 9.53 Å². The largest absolute Gasteiger partial charge is 0.496 e. The lowest BCUT2D eigenvalue weighted by Crippen LogP contribution is -2.10. The molecule has 0 heterocycles. The number of hydrogen-bond acceptors (Lipinski definition) is 2. The lowest BCUT2D eigenvalue weighted by atomic mass is 9.97. The third kappa shape index (κ3) is 4.48. The highest BCUT2D eigenvalue weighted by Gasteiger charge is 2.09. The minimum atomic E-state index is -0.144. The van der Waals surface area contributed by atoms with E-state index >= 15 is 0 Å². The van der Waals surface area contributed by atoms with Gasteiger partial charge in [0.15, 0.2) is 0 Å². The highest BCUT2D eigenvalue weighted by Crippen LogP contribution is 2.26. The number of anilines is 1. The van der Waals surface area contributed by atoms with Gasteiger partial charge in [0.1, 0.15) is 5.75 Å². The van der Waals surface area contributed by atoms with Gasteiger partial charge in [-0.15, -0.1) is 0 Å². The van der Waals surface area contributed by atoms with E-state index in [2.05, 4.69) is 25.2 Å². The molecule has 0 unspecified atom stereocenters. The highest BCUT2D eigenvalue weighted by molar-refractivity contribution is 6.02. The molecule has 0 spiro atoms. The Morgan fingerprint density at radius 2 is 2.00 bits per heavy atom. The Balaban J connectivity index is 2.16. The van der Waals surface area contributed by atoms with Gasteiger partial charge in [0, 0.05) is 17.3 Å². The van der Waals surface area contributed by atoms with Crippen molar-refractivity contribution in [3.05, 3.63) is 65.2 Å². The van der Waals surface area contributed by atoms with Crippen LogP contribution < -0.4 is 10.1 Å². The van der Waals surface area contributed by atoms with Crippen LogP contribution in [0.5, 0.6) is 5.75 Å². The maximum Gasteiger partial charge on any atom is 0.248 e. The van der Waals surface area contributed by atoms with Gasteiger partial charge in [-0.05, 0) is 49.1 Å². The van der Waals surface area contributed by atoms with E-state index in [0.29, 0.717) is 5.92 Å². The summed E-state index contributed by atoms with van der Waals surface area (Å²) in [6.45, 7) is 6.32. The van der Waals surface area contributed by atoms with E-state index < -0.39 is 0 Å². The molecule has 3 nitrogen and oxygen atoms in total. The van der Waals surface area contributed by atoms with Gasteiger partial charge in [0.2, 0.25) is 5.91 Å². The van der Waals surface area contributed by atoms with Gasteiger partial charge in [-0.1, -0.05) is 43.7 Å². The fourth-order valence-electron chi connectivity index (χ4n) is 2.58. The summed E-state index contributed by atoms with van der Waals surface area (Å²) in [7, 11) is 1.63. The van der Waals surface area contributed by atoms with Crippen LogP contribution in [0.25, 0.3) is 6.08 Å². The summed E-state index contributed by atoms with van der Waals surface area (Å²) in [5.41, 5.74) is 4.05. The fourth-order valence-corrected chi connectivity index (χ4v) is 2.58. The molecule has 0 bridgehead atoms. The molecule has 2 aromatic carbocycles. The third-order valence-electron chi connectivity index (χ3n) is 4.16. The van der Waals surface area contributed by atoms with Crippen molar-refractivity contribution in [2.75, 3.05) is 12.4 Å². The first-order chi connectivity index (χ1) is 11.5. The molecule has 1 N–H and O–H groups in total. The molecule has 0 aliphatic heterocycles. The predicted octanol–water partition coefficient (Wildman–Crippen LogP) is 5.17. The van der Waals surface area contributed by atoms with Crippen LogP contribution in [0, 0.1) is 6.92 Å². The second-order valence-corrected chi connectivity index (χ2v) is 5.96. The van der Waals surface area contributed by atoms with Gasteiger partial charge >= 0.3 is 0 Å². The molecule has 1 atom stereocenters. The van der Waals surface area contributed by atoms with Crippen molar-refractivity contribution in [3.63, 3.8) is 0 Å². The average Bonchev–Trinajstić information content (AvgIpc) is 2.60. The maximum atomic E-state index is 12.3. The molecular formula is C21H25NO2. The minimum absolute atomic E-state index is 0.144. The molecule has 0 saturated carbocycles. The van der Waals surface area contributed by atoms with Crippen molar-refractivity contribution in [1.82, 2.24) is 0 Å². The van der Waals surface area contributed by atoms with Crippen LogP contribution in [0.15, 0.2) is 48.5 Å². The Bertz CT molecular complexity index is 734. The van der Waals surface area contributed by atoms with Crippen molar-refractivity contribution in [2.45, 2.75) is 33.1 Å². The first-order valence-corrected chi connectivity index (χ1v) is 8.27. The molecule has 2 aromatic rings. The second-order valence-electron chi connectivity index (χ2n) is 5.96. The summed E-state index contributed by atoms with van der Waals surface area (Å²) >= 11 is 0. The van der Waals surface area contributed by atoms with Gasteiger partial charge in [-0.2, -0.15) is 0 Å². The molecule has 1 amide bonds. The van der Waals surface area contributed by atoms with Crippen LogP contribution >= 0.6 is 0 Å². The standard InChI is InChI=1S/C21H25NO2/c1-5-16(3)18-8-6-7-9-19(18)22-21(23)13-11-17-14-15(2)10-12-20(17)24-4/h6-14,16H,5H2,1-4H3,(H,22,23)/b13-11+/t16-/m1/s1. The Kier molecular flexibility index (Phi) is 6.19. The van der Waals surface area contributed by atoms with Crippen LogP contribution in [-0.4, -0.2) is 13.0 Å². The smallest absolute Gasteiger partial charge is 0.248 e. The maximum absolute atomic E-state index is 12.3.